The number of imidazole rings is 1. The number of rotatable bonds is 4. The topological polar surface area (TPSA) is 105 Å². The molecule has 8 heteroatoms. The maximum Gasteiger partial charge on any atom is 0.347 e. The lowest BCUT2D eigenvalue weighted by Gasteiger charge is -2.05. The predicted molar refractivity (Wildman–Crippen MR) is 72.8 cm³/mol. The number of anilines is 1. The van der Waals surface area contributed by atoms with Gasteiger partial charge in [0, 0.05) is 25.5 Å². The minimum Gasteiger partial charge on any atom is -0.382 e. The highest BCUT2D eigenvalue weighted by Gasteiger charge is 2.07. The standard InChI is InChI=1S/C12H13N7O/c13-10-9-11(16-7-15-10)19(8-17-9)6-2-5-18-4-1-3-14-12(18)20/h1,3-4,7-8H,2,5-6H2,(H2,13,15,16). The molecule has 3 aromatic heterocycles. The van der Waals surface area contributed by atoms with Crippen molar-refractivity contribution < 1.29 is 0 Å². The molecule has 0 aliphatic heterocycles. The molecule has 0 radical (unpaired) electrons. The predicted octanol–water partition coefficient (Wildman–Crippen LogP) is 0.0555. The monoisotopic (exact) mass is 271 g/mol. The molecule has 2 N–H and O–H groups in total. The first-order valence-electron chi connectivity index (χ1n) is 6.18. The molecule has 8 nitrogen and oxygen atoms in total. The molecular weight excluding hydrogens is 258 g/mol. The van der Waals surface area contributed by atoms with Crippen molar-refractivity contribution in [3.05, 3.63) is 41.6 Å². The van der Waals surface area contributed by atoms with Gasteiger partial charge in [-0.2, -0.15) is 0 Å². The maximum atomic E-state index is 11.5. The van der Waals surface area contributed by atoms with E-state index in [1.54, 1.807) is 23.2 Å². The Morgan fingerprint density at radius 1 is 1.10 bits per heavy atom. The van der Waals surface area contributed by atoms with Crippen molar-refractivity contribution in [3.8, 4) is 0 Å². The third-order valence-electron chi connectivity index (χ3n) is 3.01. The van der Waals surface area contributed by atoms with Gasteiger partial charge in [0.15, 0.2) is 11.5 Å². The summed E-state index contributed by atoms with van der Waals surface area (Å²) in [6.07, 6.45) is 7.08. The SMILES string of the molecule is Nc1ncnc2c1ncn2CCCn1cccnc1=O. The van der Waals surface area contributed by atoms with E-state index in [1.165, 1.54) is 12.5 Å². The first-order chi connectivity index (χ1) is 9.75. The number of aryl methyl sites for hydroxylation is 2. The summed E-state index contributed by atoms with van der Waals surface area (Å²) >= 11 is 0. The second-order valence-electron chi connectivity index (χ2n) is 4.32. The molecule has 102 valence electrons. The lowest BCUT2D eigenvalue weighted by Crippen LogP contribution is -2.22. The normalized spacial score (nSPS) is 11.0. The Morgan fingerprint density at radius 3 is 2.80 bits per heavy atom. The van der Waals surface area contributed by atoms with Gasteiger partial charge in [-0.05, 0) is 12.5 Å². The van der Waals surface area contributed by atoms with E-state index in [0.717, 1.165) is 6.42 Å². The van der Waals surface area contributed by atoms with E-state index in [4.69, 9.17) is 5.73 Å². The fourth-order valence-electron chi connectivity index (χ4n) is 2.03. The van der Waals surface area contributed by atoms with Crippen molar-refractivity contribution in [1.82, 2.24) is 29.1 Å². The lowest BCUT2D eigenvalue weighted by atomic mass is 10.4. The second-order valence-corrected chi connectivity index (χ2v) is 4.32. The molecule has 20 heavy (non-hydrogen) atoms. The summed E-state index contributed by atoms with van der Waals surface area (Å²) in [6, 6.07) is 1.74. The molecule has 0 saturated carbocycles. The molecule has 0 aliphatic carbocycles. The molecule has 0 aromatic carbocycles. The number of hydrogen-bond acceptors (Lipinski definition) is 6. The summed E-state index contributed by atoms with van der Waals surface area (Å²) in [6.45, 7) is 1.28. The van der Waals surface area contributed by atoms with Gasteiger partial charge in [-0.3, -0.25) is 4.57 Å². The van der Waals surface area contributed by atoms with E-state index < -0.39 is 0 Å². The highest BCUT2D eigenvalue weighted by Crippen LogP contribution is 2.14. The van der Waals surface area contributed by atoms with Crippen LogP contribution < -0.4 is 11.4 Å². The van der Waals surface area contributed by atoms with E-state index >= 15 is 0 Å². The van der Waals surface area contributed by atoms with Gasteiger partial charge < -0.3 is 10.3 Å². The van der Waals surface area contributed by atoms with Gasteiger partial charge in [0.25, 0.3) is 0 Å². The fraction of sp³-hybridized carbons (Fsp3) is 0.250. The molecule has 0 aliphatic rings. The van der Waals surface area contributed by atoms with Crippen LogP contribution in [0.3, 0.4) is 0 Å². The number of nitrogens with zero attached hydrogens (tertiary/aromatic N) is 6. The van der Waals surface area contributed by atoms with Crippen LogP contribution in [0.25, 0.3) is 11.2 Å². The van der Waals surface area contributed by atoms with Crippen LogP contribution in [0.1, 0.15) is 6.42 Å². The van der Waals surface area contributed by atoms with Gasteiger partial charge in [-0.25, -0.2) is 24.7 Å². The second kappa shape index (κ2) is 5.08. The molecule has 3 aromatic rings. The zero-order valence-corrected chi connectivity index (χ0v) is 10.7. The lowest BCUT2D eigenvalue weighted by molar-refractivity contribution is 0.550. The number of nitrogen functional groups attached to an aromatic ring is 1. The minimum atomic E-state index is -0.241. The van der Waals surface area contributed by atoms with Crippen molar-refractivity contribution in [1.29, 1.82) is 0 Å². The van der Waals surface area contributed by atoms with Gasteiger partial charge >= 0.3 is 5.69 Å². The largest absolute Gasteiger partial charge is 0.382 e. The van der Waals surface area contributed by atoms with Crippen molar-refractivity contribution >= 4 is 17.0 Å². The Morgan fingerprint density at radius 2 is 1.95 bits per heavy atom. The van der Waals surface area contributed by atoms with Crippen LogP contribution in [0.15, 0.2) is 35.9 Å². The first-order valence-corrected chi connectivity index (χ1v) is 6.18. The van der Waals surface area contributed by atoms with Gasteiger partial charge in [0.2, 0.25) is 0 Å². The van der Waals surface area contributed by atoms with Crippen LogP contribution in [0.5, 0.6) is 0 Å². The zero-order valence-electron chi connectivity index (χ0n) is 10.7. The van der Waals surface area contributed by atoms with Gasteiger partial charge in [0.05, 0.1) is 6.33 Å². The number of hydrogen-bond donors (Lipinski definition) is 1. The number of nitrogens with two attached hydrogens (primary N) is 1. The molecule has 0 atom stereocenters. The minimum absolute atomic E-state index is 0.241. The van der Waals surface area contributed by atoms with E-state index in [0.29, 0.717) is 30.1 Å². The quantitative estimate of drug-likeness (QED) is 0.719. The maximum absolute atomic E-state index is 11.5. The summed E-state index contributed by atoms with van der Waals surface area (Å²) in [5, 5.41) is 0. The number of fused-ring (bicyclic) bond motifs is 1. The Bertz CT molecular complexity index is 792. The van der Waals surface area contributed by atoms with Gasteiger partial charge in [-0.1, -0.05) is 0 Å². The smallest absolute Gasteiger partial charge is 0.347 e. The van der Waals surface area contributed by atoms with Crippen LogP contribution >= 0.6 is 0 Å². The molecule has 0 spiro atoms. The Balaban J connectivity index is 1.73. The molecule has 0 fully saturated rings. The van der Waals surface area contributed by atoms with Crippen LogP contribution in [0.4, 0.5) is 5.82 Å². The average Bonchev–Trinajstić information content (AvgIpc) is 2.86. The third kappa shape index (κ3) is 2.22. The number of aromatic nitrogens is 6. The van der Waals surface area contributed by atoms with E-state index in [2.05, 4.69) is 19.9 Å². The van der Waals surface area contributed by atoms with Crippen molar-refractivity contribution in [2.24, 2.45) is 0 Å². The van der Waals surface area contributed by atoms with Crippen LogP contribution in [-0.4, -0.2) is 29.1 Å². The summed E-state index contributed by atoms with van der Waals surface area (Å²) in [7, 11) is 0. The summed E-state index contributed by atoms with van der Waals surface area (Å²) in [5.41, 5.74) is 6.79. The van der Waals surface area contributed by atoms with Gasteiger partial charge in [0.1, 0.15) is 11.8 Å². The van der Waals surface area contributed by atoms with E-state index in [1.807, 2.05) is 4.57 Å². The molecule has 3 rings (SSSR count). The Kier molecular flexibility index (Phi) is 3.12. The van der Waals surface area contributed by atoms with E-state index in [-0.39, 0.29) is 5.69 Å². The molecule has 3 heterocycles. The third-order valence-corrected chi connectivity index (χ3v) is 3.01. The molecular formula is C12H13N7O. The molecule has 0 unspecified atom stereocenters. The highest BCUT2D eigenvalue weighted by atomic mass is 16.1. The molecule has 0 amide bonds. The zero-order chi connectivity index (χ0) is 13.9. The van der Waals surface area contributed by atoms with Crippen molar-refractivity contribution in [2.75, 3.05) is 5.73 Å². The van der Waals surface area contributed by atoms with E-state index in [9.17, 15) is 4.79 Å². The van der Waals surface area contributed by atoms with Crippen LogP contribution in [0, 0.1) is 0 Å². The highest BCUT2D eigenvalue weighted by molar-refractivity contribution is 5.80. The van der Waals surface area contributed by atoms with Gasteiger partial charge in [-0.15, -0.1) is 0 Å². The fourth-order valence-corrected chi connectivity index (χ4v) is 2.03. The summed E-state index contributed by atoms with van der Waals surface area (Å²) in [5.74, 6) is 0.372. The Hall–Kier alpha value is -2.77. The molecule has 0 saturated heterocycles. The molecule has 0 bridgehead atoms. The first kappa shape index (κ1) is 12.3. The average molecular weight is 271 g/mol. The van der Waals surface area contributed by atoms with Crippen LogP contribution in [0.2, 0.25) is 0 Å². The van der Waals surface area contributed by atoms with Crippen molar-refractivity contribution in [2.45, 2.75) is 19.5 Å². The van der Waals surface area contributed by atoms with Crippen molar-refractivity contribution in [3.63, 3.8) is 0 Å². The summed E-state index contributed by atoms with van der Waals surface area (Å²) < 4.78 is 3.47. The summed E-state index contributed by atoms with van der Waals surface area (Å²) in [4.78, 5) is 27.4. The van der Waals surface area contributed by atoms with Crippen LogP contribution in [-0.2, 0) is 13.1 Å². The Labute approximate surface area is 113 Å².